The van der Waals surface area contributed by atoms with E-state index in [9.17, 15) is 30.0 Å². The molecule has 4 aromatic carbocycles. The molecular formula is C88H138N2NiO8. The van der Waals surface area contributed by atoms with Crippen molar-refractivity contribution in [3.63, 3.8) is 0 Å². The number of aryl methyl sites for hydroxylation is 4. The molecule has 10 nitrogen and oxygen atoms in total. The van der Waals surface area contributed by atoms with Gasteiger partial charge in [-0.2, -0.15) is 0 Å². The first-order valence-corrected chi connectivity index (χ1v) is 40.0. The molecule has 0 atom stereocenters. The van der Waals surface area contributed by atoms with Crippen LogP contribution in [0.4, 0.5) is 11.4 Å². The van der Waals surface area contributed by atoms with Crippen LogP contribution in [0.5, 0.6) is 23.0 Å². The van der Waals surface area contributed by atoms with Gasteiger partial charge in [-0.25, -0.2) is 0 Å². The Morgan fingerprint density at radius 3 is 0.838 bits per heavy atom. The summed E-state index contributed by atoms with van der Waals surface area (Å²) in [6, 6.07) is 23.2. The molecule has 0 aromatic heterocycles. The van der Waals surface area contributed by atoms with E-state index in [-0.39, 0.29) is 27.6 Å². The summed E-state index contributed by atoms with van der Waals surface area (Å²) in [4.78, 5) is 32.1. The van der Waals surface area contributed by atoms with E-state index in [2.05, 4.69) is 101 Å². The molecule has 0 saturated carbocycles. The number of unbranched alkanes of at least 4 members (excludes halogenated alkanes) is 38. The van der Waals surface area contributed by atoms with Gasteiger partial charge < -0.3 is 40.2 Å². The number of hydrogen-bond acceptors (Lipinski definition) is 10. The van der Waals surface area contributed by atoms with Gasteiger partial charge in [-0.1, -0.05) is 346 Å². The van der Waals surface area contributed by atoms with Crippen LogP contribution in [0.25, 0.3) is 0 Å². The number of phenolic OH excluding ortho intramolecular Hbond substituents is 2. The molecule has 4 aromatic rings. The number of carbonyl (C=O) groups excluding carboxylic acids is 2. The van der Waals surface area contributed by atoms with Crippen molar-refractivity contribution in [2.24, 2.45) is 9.98 Å². The van der Waals surface area contributed by atoms with E-state index in [4.69, 9.17) is 20.2 Å². The Bertz CT molecular complexity index is 2600. The Labute approximate surface area is 614 Å². The molecule has 0 fully saturated rings. The first-order chi connectivity index (χ1) is 47.9. The molecule has 0 heterocycles. The maximum atomic E-state index is 10.6. The largest absolute Gasteiger partial charge is 2.00 e. The molecular weight excluding hydrogens is 1270 g/mol. The number of aromatic hydroxyl groups is 4. The Hall–Kier alpha value is -5.67. The summed E-state index contributed by atoms with van der Waals surface area (Å²) in [6.45, 7) is 12.7. The molecule has 0 aliphatic rings. The molecule has 0 saturated heterocycles. The number of hydrogen-bond donors (Lipinski definition) is 4. The smallest absolute Gasteiger partial charge is 0.545 e. The van der Waals surface area contributed by atoms with E-state index in [0.717, 1.165) is 75.6 Å². The summed E-state index contributed by atoms with van der Waals surface area (Å²) < 4.78 is 0. The zero-order valence-corrected chi connectivity index (χ0v) is 64.2. The molecule has 4 N–H and O–H groups in total. The minimum Gasteiger partial charge on any atom is -0.545 e. The van der Waals surface area contributed by atoms with Crippen LogP contribution in [-0.2, 0) is 42.2 Å². The molecule has 99 heavy (non-hydrogen) atoms. The number of aliphatic imine (C=N–C) groups is 2. The fourth-order valence-electron chi connectivity index (χ4n) is 12.7. The van der Waals surface area contributed by atoms with Crippen LogP contribution in [0.2, 0.25) is 0 Å². The van der Waals surface area contributed by atoms with Gasteiger partial charge in [-0.05, 0) is 136 Å². The minimum absolute atomic E-state index is 0. The summed E-state index contributed by atoms with van der Waals surface area (Å²) in [5.41, 5.74) is 7.60. The minimum atomic E-state index is -1.48. The SMILES string of the molecule is CCCCCCCCCCCCCCCCCCCCC=CCCc1ccccc1N=C(CCCC)C(CCCC)=Nc1ccccc1CCC=CCCCCCCCCCCCCCCCCCCCC.CCc1ccc(O)c(O)c1C(=O)[O-].CCc1ccc(O)c(O)c1C(=O)[O-].[Ni+2]. The van der Waals surface area contributed by atoms with E-state index < -0.39 is 34.9 Å². The zero-order chi connectivity index (χ0) is 71.3. The predicted molar refractivity (Wildman–Crippen MR) is 415 cm³/mol. The average molecular weight is 1410 g/mol. The normalized spacial score (nSPS) is 11.6. The number of allylic oxidation sites excluding steroid dienone is 4. The van der Waals surface area contributed by atoms with Gasteiger partial charge in [0.1, 0.15) is 0 Å². The maximum Gasteiger partial charge on any atom is 2.00 e. The average Bonchev–Trinajstić information content (AvgIpc) is 0.844. The molecule has 0 aliphatic carbocycles. The van der Waals surface area contributed by atoms with Crippen LogP contribution in [0.3, 0.4) is 0 Å². The van der Waals surface area contributed by atoms with Gasteiger partial charge in [-0.15, -0.1) is 0 Å². The van der Waals surface area contributed by atoms with Gasteiger partial charge in [0, 0.05) is 11.1 Å². The summed E-state index contributed by atoms with van der Waals surface area (Å²) in [5, 5.41) is 57.6. The van der Waals surface area contributed by atoms with Crippen molar-refractivity contribution in [2.75, 3.05) is 0 Å². The third kappa shape index (κ3) is 44.4. The van der Waals surface area contributed by atoms with E-state index >= 15 is 0 Å². The number of nitrogens with zero attached hydrogens (tertiary/aromatic N) is 2. The van der Waals surface area contributed by atoms with Crippen LogP contribution >= 0.6 is 0 Å². The van der Waals surface area contributed by atoms with Gasteiger partial charge in [-0.3, -0.25) is 9.98 Å². The number of rotatable bonds is 57. The third-order valence-corrected chi connectivity index (χ3v) is 19.0. The first kappa shape index (κ1) is 91.3. The van der Waals surface area contributed by atoms with Crippen molar-refractivity contribution in [2.45, 2.75) is 363 Å². The second-order valence-corrected chi connectivity index (χ2v) is 27.4. The predicted octanol–water partition coefficient (Wildman–Crippen LogP) is 24.8. The summed E-state index contributed by atoms with van der Waals surface area (Å²) in [7, 11) is 0. The molecule has 4 rings (SSSR count). The van der Waals surface area contributed by atoms with Crippen molar-refractivity contribution < 1.29 is 56.7 Å². The molecule has 0 aliphatic heterocycles. The Kier molecular flexibility index (Phi) is 58.4. The van der Waals surface area contributed by atoms with Crippen molar-refractivity contribution >= 4 is 34.7 Å². The quantitative estimate of drug-likeness (QED) is 0.0111. The monoisotopic (exact) mass is 1410 g/mol. The fourth-order valence-corrected chi connectivity index (χ4v) is 12.7. The maximum absolute atomic E-state index is 10.6. The number of carbonyl (C=O) groups is 2. The number of phenols is 4. The van der Waals surface area contributed by atoms with Crippen LogP contribution in [0, 0.1) is 0 Å². The van der Waals surface area contributed by atoms with Crippen LogP contribution in [-0.4, -0.2) is 43.8 Å². The van der Waals surface area contributed by atoms with E-state index in [1.54, 1.807) is 13.8 Å². The van der Waals surface area contributed by atoms with Crippen LogP contribution in [0.15, 0.2) is 107 Å². The van der Waals surface area contributed by atoms with Crippen molar-refractivity contribution in [1.29, 1.82) is 0 Å². The van der Waals surface area contributed by atoms with Gasteiger partial charge in [0.05, 0.1) is 34.7 Å². The van der Waals surface area contributed by atoms with Gasteiger partial charge >= 0.3 is 16.5 Å². The van der Waals surface area contributed by atoms with Crippen LogP contribution in [0.1, 0.15) is 380 Å². The second-order valence-electron chi connectivity index (χ2n) is 27.4. The van der Waals surface area contributed by atoms with E-state index in [0.29, 0.717) is 24.0 Å². The van der Waals surface area contributed by atoms with E-state index in [1.807, 2.05) is 0 Å². The number of carboxylic acids is 2. The third-order valence-electron chi connectivity index (χ3n) is 19.0. The van der Waals surface area contributed by atoms with Gasteiger partial charge in [0.2, 0.25) is 0 Å². The van der Waals surface area contributed by atoms with Crippen LogP contribution < -0.4 is 10.2 Å². The van der Waals surface area contributed by atoms with Crippen molar-refractivity contribution in [3.05, 3.63) is 130 Å². The molecule has 0 spiro atoms. The molecule has 11 heteroatoms. The number of para-hydroxylation sites is 2. The molecule has 0 radical (unpaired) electrons. The fraction of sp³-hybridized carbons (Fsp3) is 0.636. The Morgan fingerprint density at radius 1 is 0.323 bits per heavy atom. The Balaban J connectivity index is 0.00000149. The number of aromatic carboxylic acids is 2. The summed E-state index contributed by atoms with van der Waals surface area (Å²) in [5.74, 6) is -5.11. The standard InChI is InChI=1S/C70H120N2.2C9H10O4.Ni/c1-5-9-13-15-17-19-21-23-25-27-29-31-33-35-37-39-41-43-45-47-49-51-57-65-59-53-55-63-67(65)71-69(61-11-7-3)70(62-12-8-4)72-68-64-56-54-60-66(68)58-52-50-48-46-44-42-40-38-36-34-32-30-28-26-24-22-20-18-16-14-10-6-2;2*1-2-5-3-4-6(10)8(11)7(5)9(12)13;/h47-50,53-56,59-60,63-64H,5-46,51-52,57-58,61-62H2,1-4H3;2*3-4,10-11H,2H2,1H3,(H,12,13);/q;;;+2/p-2. The van der Waals surface area contributed by atoms with Crippen molar-refractivity contribution in [3.8, 4) is 23.0 Å². The number of benzene rings is 4. The second kappa shape index (κ2) is 63.3. The summed E-state index contributed by atoms with van der Waals surface area (Å²) in [6.07, 6.45) is 75.5. The first-order valence-electron chi connectivity index (χ1n) is 40.0. The topological polar surface area (TPSA) is 186 Å². The number of carboxylic acid groups (broad SMARTS) is 2. The molecule has 558 valence electrons. The Morgan fingerprint density at radius 2 is 0.576 bits per heavy atom. The van der Waals surface area contributed by atoms with Gasteiger partial charge in [0.25, 0.3) is 0 Å². The van der Waals surface area contributed by atoms with E-state index in [1.165, 1.54) is 291 Å². The molecule has 0 unspecified atom stereocenters. The molecule has 0 bridgehead atoms. The molecule has 0 amide bonds. The van der Waals surface area contributed by atoms with Crippen molar-refractivity contribution in [1.82, 2.24) is 0 Å². The zero-order valence-electron chi connectivity index (χ0n) is 63.2. The van der Waals surface area contributed by atoms with Gasteiger partial charge in [0.15, 0.2) is 23.0 Å². The summed E-state index contributed by atoms with van der Waals surface area (Å²) >= 11 is 0.